The maximum Gasteiger partial charge on any atom is 0.165 e. The first-order chi connectivity index (χ1) is 17.1. The fourth-order valence-electron chi connectivity index (χ4n) is 4.26. The van der Waals surface area contributed by atoms with Gasteiger partial charge in [0.2, 0.25) is 0 Å². The van der Waals surface area contributed by atoms with E-state index in [0.717, 1.165) is 31.2 Å². The van der Waals surface area contributed by atoms with E-state index in [1.165, 1.54) is 70.3 Å². The van der Waals surface area contributed by atoms with Crippen molar-refractivity contribution in [2.24, 2.45) is 0 Å². The van der Waals surface area contributed by atoms with Gasteiger partial charge in [0.1, 0.15) is 6.17 Å². The van der Waals surface area contributed by atoms with E-state index in [1.807, 2.05) is 12.4 Å². The van der Waals surface area contributed by atoms with Crippen LogP contribution in [0.5, 0.6) is 5.75 Å². The number of hydrogen-bond acceptors (Lipinski definition) is 3. The number of alkyl halides is 1. The molecule has 35 heavy (non-hydrogen) atoms. The lowest BCUT2D eigenvalue weighted by atomic mass is 10.1. The Morgan fingerprint density at radius 3 is 2.00 bits per heavy atom. The number of nitrogens with zero attached hydrogens (tertiary/aromatic N) is 2. The molecule has 0 N–H and O–H groups in total. The van der Waals surface area contributed by atoms with Gasteiger partial charge in [0.25, 0.3) is 0 Å². The third-order valence-electron chi connectivity index (χ3n) is 6.52. The summed E-state index contributed by atoms with van der Waals surface area (Å²) in [6.45, 7) is 4.59. The molecule has 0 amide bonds. The lowest BCUT2D eigenvalue weighted by Crippen LogP contribution is -2.08. The second-order valence-corrected chi connectivity index (χ2v) is 9.72. The third kappa shape index (κ3) is 12.5. The van der Waals surface area contributed by atoms with Gasteiger partial charge in [-0.3, -0.25) is 0 Å². The summed E-state index contributed by atoms with van der Waals surface area (Å²) in [4.78, 5) is 8.87. The predicted molar refractivity (Wildman–Crippen MR) is 142 cm³/mol. The summed E-state index contributed by atoms with van der Waals surface area (Å²) in [6.07, 6.45) is 20.5. The van der Waals surface area contributed by atoms with Crippen LogP contribution in [0.2, 0.25) is 0 Å². The van der Waals surface area contributed by atoms with Crippen molar-refractivity contribution in [2.75, 3.05) is 6.61 Å². The topological polar surface area (TPSA) is 35.0 Å². The zero-order valence-corrected chi connectivity index (χ0v) is 22.0. The number of benzene rings is 1. The van der Waals surface area contributed by atoms with Gasteiger partial charge in [0.05, 0.1) is 6.61 Å². The first-order valence-electron chi connectivity index (χ1n) is 14.0. The van der Waals surface area contributed by atoms with Crippen LogP contribution in [0, 0.1) is 5.82 Å². The number of rotatable bonds is 20. The minimum atomic E-state index is -0.892. The Morgan fingerprint density at radius 2 is 1.37 bits per heavy atom. The Kier molecular flexibility index (Phi) is 15.2. The molecule has 1 aromatic heterocycles. The highest BCUT2D eigenvalue weighted by molar-refractivity contribution is 5.56. The molecule has 1 aromatic carbocycles. The van der Waals surface area contributed by atoms with Crippen LogP contribution in [0.3, 0.4) is 0 Å². The van der Waals surface area contributed by atoms with E-state index in [9.17, 15) is 8.78 Å². The molecular weight excluding hydrogens is 442 g/mol. The van der Waals surface area contributed by atoms with E-state index in [4.69, 9.17) is 4.74 Å². The molecule has 0 fully saturated rings. The largest absolute Gasteiger partial charge is 0.490 e. The van der Waals surface area contributed by atoms with E-state index >= 15 is 0 Å². The molecule has 0 aliphatic heterocycles. The highest BCUT2D eigenvalue weighted by atomic mass is 19.1. The van der Waals surface area contributed by atoms with Crippen molar-refractivity contribution in [1.82, 2.24) is 9.97 Å². The number of aryl methyl sites for hydroxylation is 1. The summed E-state index contributed by atoms with van der Waals surface area (Å²) < 4.78 is 34.0. The van der Waals surface area contributed by atoms with E-state index in [0.29, 0.717) is 24.2 Å². The molecule has 0 bridgehead atoms. The van der Waals surface area contributed by atoms with Gasteiger partial charge in [-0.2, -0.15) is 0 Å². The van der Waals surface area contributed by atoms with Gasteiger partial charge < -0.3 is 4.74 Å². The monoisotopic (exact) mass is 488 g/mol. The van der Waals surface area contributed by atoms with Crippen molar-refractivity contribution in [3.8, 4) is 17.1 Å². The van der Waals surface area contributed by atoms with Crippen molar-refractivity contribution in [3.63, 3.8) is 0 Å². The molecule has 1 heterocycles. The Morgan fingerprint density at radius 1 is 0.771 bits per heavy atom. The van der Waals surface area contributed by atoms with Crippen LogP contribution in [-0.2, 0) is 6.42 Å². The van der Waals surface area contributed by atoms with E-state index < -0.39 is 12.0 Å². The highest BCUT2D eigenvalue weighted by Gasteiger charge is 2.11. The van der Waals surface area contributed by atoms with Crippen molar-refractivity contribution in [1.29, 1.82) is 0 Å². The van der Waals surface area contributed by atoms with Crippen LogP contribution < -0.4 is 4.74 Å². The first-order valence-corrected chi connectivity index (χ1v) is 14.0. The van der Waals surface area contributed by atoms with E-state index in [-0.39, 0.29) is 12.4 Å². The normalized spacial score (nSPS) is 12.1. The molecule has 0 spiro atoms. The number of unbranched alkanes of at least 4 members (excludes halogenated alkanes) is 11. The first kappa shape index (κ1) is 29.2. The van der Waals surface area contributed by atoms with Crippen LogP contribution in [0.1, 0.15) is 116 Å². The van der Waals surface area contributed by atoms with Crippen LogP contribution >= 0.6 is 0 Å². The molecule has 5 heteroatoms. The number of aromatic nitrogens is 2. The van der Waals surface area contributed by atoms with Crippen LogP contribution in [0.15, 0.2) is 30.6 Å². The third-order valence-corrected chi connectivity index (χ3v) is 6.52. The zero-order chi connectivity index (χ0) is 25.1. The van der Waals surface area contributed by atoms with Crippen molar-refractivity contribution in [2.45, 2.75) is 123 Å². The minimum Gasteiger partial charge on any atom is -0.490 e. The van der Waals surface area contributed by atoms with E-state index in [1.54, 1.807) is 12.1 Å². The molecule has 2 aromatic rings. The maximum atomic E-state index is 14.5. The Bertz CT molecular complexity index is 797. The molecule has 0 radical (unpaired) electrons. The van der Waals surface area contributed by atoms with Crippen LogP contribution in [-0.4, -0.2) is 22.7 Å². The summed E-state index contributed by atoms with van der Waals surface area (Å²) in [5, 5.41) is 0. The standard InChI is InChI=1S/C30H46F2N2O/c1-3-5-7-9-10-11-13-14-16-25-23-33-30(34-24-25)26-18-19-29(28(32)22-26)35-21-20-27(31)17-15-12-8-6-4-2/h18-19,22-24,27H,3-17,20-21H2,1-2H3. The molecular formula is C30H46F2N2O. The summed E-state index contributed by atoms with van der Waals surface area (Å²) in [5.41, 5.74) is 1.73. The average Bonchev–Trinajstić information content (AvgIpc) is 2.87. The van der Waals surface area contributed by atoms with Crippen molar-refractivity contribution >= 4 is 0 Å². The average molecular weight is 489 g/mol. The van der Waals surface area contributed by atoms with Gasteiger partial charge >= 0.3 is 0 Å². The van der Waals surface area contributed by atoms with Crippen LogP contribution in [0.25, 0.3) is 11.4 Å². The minimum absolute atomic E-state index is 0.148. The molecule has 1 unspecified atom stereocenters. The quantitative estimate of drug-likeness (QED) is 0.174. The van der Waals surface area contributed by atoms with Gasteiger partial charge in [0, 0.05) is 24.4 Å². The van der Waals surface area contributed by atoms with Gasteiger partial charge in [0.15, 0.2) is 17.4 Å². The van der Waals surface area contributed by atoms with Crippen molar-refractivity contribution in [3.05, 3.63) is 42.0 Å². The second kappa shape index (κ2) is 18.3. The summed E-state index contributed by atoms with van der Waals surface area (Å²) in [7, 11) is 0. The molecule has 0 saturated heterocycles. The molecule has 0 aliphatic carbocycles. The summed E-state index contributed by atoms with van der Waals surface area (Å²) >= 11 is 0. The smallest absolute Gasteiger partial charge is 0.165 e. The molecule has 2 rings (SSSR count). The summed E-state index contributed by atoms with van der Waals surface area (Å²) in [6, 6.07) is 4.73. The van der Waals surface area contributed by atoms with Gasteiger partial charge in [-0.1, -0.05) is 90.9 Å². The maximum absolute atomic E-state index is 14.5. The lowest BCUT2D eigenvalue weighted by Gasteiger charge is -2.11. The molecule has 196 valence electrons. The Balaban J connectivity index is 1.69. The Hall–Kier alpha value is -2.04. The van der Waals surface area contributed by atoms with Crippen molar-refractivity contribution < 1.29 is 13.5 Å². The van der Waals surface area contributed by atoms with Crippen LogP contribution in [0.4, 0.5) is 8.78 Å². The predicted octanol–water partition coefficient (Wildman–Crippen LogP) is 9.43. The number of ether oxygens (including phenoxy) is 1. The zero-order valence-electron chi connectivity index (χ0n) is 22.0. The molecule has 0 saturated carbocycles. The molecule has 1 atom stereocenters. The lowest BCUT2D eigenvalue weighted by molar-refractivity contribution is 0.217. The molecule has 0 aliphatic rings. The number of halogens is 2. The van der Waals surface area contributed by atoms with E-state index in [2.05, 4.69) is 23.8 Å². The van der Waals surface area contributed by atoms with Gasteiger partial charge in [-0.15, -0.1) is 0 Å². The fourth-order valence-corrected chi connectivity index (χ4v) is 4.26. The fraction of sp³-hybridized carbons (Fsp3) is 0.667. The summed E-state index contributed by atoms with van der Waals surface area (Å²) in [5.74, 6) is 0.182. The molecule has 3 nitrogen and oxygen atoms in total. The van der Waals surface area contributed by atoms with Gasteiger partial charge in [-0.25, -0.2) is 18.7 Å². The number of hydrogen-bond donors (Lipinski definition) is 0. The van der Waals surface area contributed by atoms with Gasteiger partial charge in [-0.05, 0) is 43.0 Å². The second-order valence-electron chi connectivity index (χ2n) is 9.72. The SMILES string of the molecule is CCCCCCCCCCc1cnc(-c2ccc(OCCC(F)CCCCCCC)c(F)c2)nc1. The Labute approximate surface area is 212 Å². The highest BCUT2D eigenvalue weighted by Crippen LogP contribution is 2.24.